The lowest BCUT2D eigenvalue weighted by Gasteiger charge is -2.32. The van der Waals surface area contributed by atoms with Crippen molar-refractivity contribution < 1.29 is 35.2 Å². The van der Waals surface area contributed by atoms with Crippen LogP contribution in [0, 0.1) is 59.0 Å². The number of rotatable bonds is 8. The van der Waals surface area contributed by atoms with Gasteiger partial charge in [0.15, 0.2) is 0 Å². The zero-order valence-electron chi connectivity index (χ0n) is 39.0. The van der Waals surface area contributed by atoms with E-state index in [1.54, 1.807) is 0 Å². The lowest BCUT2D eigenvalue weighted by molar-refractivity contribution is 0.00578. The molecule has 0 aliphatic carbocycles. The third kappa shape index (κ3) is 10.6. The van der Waals surface area contributed by atoms with Gasteiger partial charge in [-0.1, -0.05) is 17.7 Å². The summed E-state index contributed by atoms with van der Waals surface area (Å²) in [5.74, 6) is 1.80. The van der Waals surface area contributed by atoms with Gasteiger partial charge < -0.3 is 28.3 Å². The largest absolute Gasteiger partial charge is 0.498 e. The number of anilines is 2. The molecule has 2 aromatic carbocycles. The smallest absolute Gasteiger partial charge is 0.399 e. The van der Waals surface area contributed by atoms with Gasteiger partial charge >= 0.3 is 7.12 Å². The minimum atomic E-state index is -3.46. The van der Waals surface area contributed by atoms with E-state index >= 15 is 0 Å². The molecule has 0 bridgehead atoms. The van der Waals surface area contributed by atoms with Crippen molar-refractivity contribution in [3.05, 3.63) is 73.5 Å². The second kappa shape index (κ2) is 18.5. The minimum Gasteiger partial charge on any atom is -0.399 e. The van der Waals surface area contributed by atoms with Gasteiger partial charge in [-0.2, -0.15) is 10.2 Å². The van der Waals surface area contributed by atoms with Gasteiger partial charge in [-0.15, -0.1) is 0 Å². The number of halogens is 1. The molecule has 0 saturated carbocycles. The molecule has 20 nitrogen and oxygen atoms in total. The summed E-state index contributed by atoms with van der Waals surface area (Å²) in [7, 11) is -7.15. The summed E-state index contributed by atoms with van der Waals surface area (Å²) in [6.07, 6.45) is 2.17. The number of nitrogens with zero attached hydrogens (tertiary/aromatic N) is 6. The Morgan fingerprint density at radius 3 is 1.48 bits per heavy atom. The van der Waals surface area contributed by atoms with Crippen LogP contribution < -0.4 is 14.9 Å². The van der Waals surface area contributed by atoms with E-state index in [2.05, 4.69) is 110 Å². The zero-order chi connectivity index (χ0) is 48.4. The molecule has 0 unspecified atom stereocenters. The average Bonchev–Trinajstić information content (AvgIpc) is 4.06. The first-order chi connectivity index (χ1) is 30.6. The van der Waals surface area contributed by atoms with Crippen LogP contribution in [0.2, 0.25) is 0 Å². The van der Waals surface area contributed by atoms with E-state index in [1.165, 1.54) is 0 Å². The van der Waals surface area contributed by atoms with Crippen molar-refractivity contribution in [1.29, 1.82) is 0 Å². The number of benzene rings is 2. The maximum Gasteiger partial charge on any atom is 0.498 e. The zero-order valence-corrected chi connectivity index (χ0v) is 42.8. The van der Waals surface area contributed by atoms with Crippen molar-refractivity contribution in [2.75, 3.05) is 22.0 Å². The topological polar surface area (TPSA) is 278 Å². The van der Waals surface area contributed by atoms with Gasteiger partial charge in [0.05, 0.1) is 63.0 Å². The van der Waals surface area contributed by atoms with E-state index in [0.29, 0.717) is 22.3 Å². The highest BCUT2D eigenvalue weighted by molar-refractivity contribution is 14.1. The SMILES string of the molecule is C.Cc1n[nH]c(C)c1-c1cc(-c2c(C)noc2C)cc2[nH]c(NS(C)(=O)=O)nc12.Cc1n[nH]c(C)c1B1OC(C)(C)C(C)(C)O1.Cc1noc(C)c1-c1cc(I)c2nc(NS(C)(=O)=O)[nH]c2c1. The maximum absolute atomic E-state index is 11.6. The maximum atomic E-state index is 11.6. The van der Waals surface area contributed by atoms with E-state index in [0.717, 1.165) is 100 Å². The average molecular weight is 1070 g/mol. The molecule has 24 heteroatoms. The van der Waals surface area contributed by atoms with Crippen LogP contribution in [0.15, 0.2) is 33.3 Å². The molecule has 0 amide bonds. The first-order valence-electron chi connectivity index (χ1n) is 20.6. The quantitative estimate of drug-likeness (QED) is 0.0622. The molecule has 0 radical (unpaired) electrons. The van der Waals surface area contributed by atoms with E-state index in [-0.39, 0.29) is 37.6 Å². The van der Waals surface area contributed by atoms with Crippen LogP contribution in [-0.2, 0) is 29.4 Å². The number of hydrogen-bond acceptors (Lipinski definition) is 14. The van der Waals surface area contributed by atoms with Crippen LogP contribution in [0.3, 0.4) is 0 Å². The van der Waals surface area contributed by atoms with Crippen LogP contribution in [0.4, 0.5) is 11.9 Å². The first-order valence-corrected chi connectivity index (χ1v) is 25.4. The lowest BCUT2D eigenvalue weighted by atomic mass is 9.77. The molecule has 0 spiro atoms. The van der Waals surface area contributed by atoms with Gasteiger partial charge in [-0.25, -0.2) is 26.8 Å². The molecule has 9 rings (SSSR count). The fraction of sp³-hybridized carbons (Fsp3) is 0.395. The number of aromatic amines is 4. The van der Waals surface area contributed by atoms with Crippen molar-refractivity contribution in [2.24, 2.45) is 0 Å². The molecule has 67 heavy (non-hydrogen) atoms. The molecule has 1 fully saturated rings. The number of hydrogen-bond donors (Lipinski definition) is 6. The summed E-state index contributed by atoms with van der Waals surface area (Å²) in [4.78, 5) is 14.8. The molecular weight excluding hydrogens is 1010 g/mol. The van der Waals surface area contributed by atoms with Crippen molar-refractivity contribution in [3.8, 4) is 33.4 Å². The lowest BCUT2D eigenvalue weighted by Crippen LogP contribution is -2.41. The molecule has 6 aromatic heterocycles. The number of aryl methyl sites for hydroxylation is 8. The predicted octanol–water partition coefficient (Wildman–Crippen LogP) is 7.99. The fourth-order valence-corrected chi connectivity index (χ4v) is 9.37. The molecule has 1 aliphatic heterocycles. The monoisotopic (exact) mass is 1070 g/mol. The van der Waals surface area contributed by atoms with E-state index in [4.69, 9.17) is 18.4 Å². The van der Waals surface area contributed by atoms with Crippen LogP contribution >= 0.6 is 22.6 Å². The van der Waals surface area contributed by atoms with Gasteiger partial charge in [-0.05, 0) is 141 Å². The second-order valence-corrected chi connectivity index (χ2v) is 22.0. The Morgan fingerprint density at radius 1 is 0.612 bits per heavy atom. The van der Waals surface area contributed by atoms with Crippen LogP contribution in [0.1, 0.15) is 80.8 Å². The second-order valence-electron chi connectivity index (χ2n) is 17.3. The summed E-state index contributed by atoms with van der Waals surface area (Å²) in [5.41, 5.74) is 13.9. The predicted molar refractivity (Wildman–Crippen MR) is 269 cm³/mol. The number of fused-ring (bicyclic) bond motifs is 2. The molecule has 358 valence electrons. The van der Waals surface area contributed by atoms with Crippen molar-refractivity contribution in [3.63, 3.8) is 0 Å². The molecule has 8 aromatic rings. The Hall–Kier alpha value is -5.57. The number of H-pyrrole nitrogens is 4. The summed E-state index contributed by atoms with van der Waals surface area (Å²) >= 11 is 2.17. The Labute approximate surface area is 403 Å². The highest BCUT2D eigenvalue weighted by Crippen LogP contribution is 2.39. The Balaban J connectivity index is 0.000000171. The van der Waals surface area contributed by atoms with Gasteiger partial charge in [0, 0.05) is 42.7 Å². The summed E-state index contributed by atoms with van der Waals surface area (Å²) in [6, 6.07) is 7.80. The highest BCUT2D eigenvalue weighted by atomic mass is 127. The first kappa shape index (κ1) is 50.8. The molecular formula is C43H56BIN12O8S2. The van der Waals surface area contributed by atoms with Gasteiger partial charge in [0.25, 0.3) is 0 Å². The number of nitrogens with one attached hydrogen (secondary N) is 6. The van der Waals surface area contributed by atoms with E-state index in [1.807, 2.05) is 79.7 Å². The van der Waals surface area contributed by atoms with E-state index in [9.17, 15) is 16.8 Å². The standard InChI is InChI=1S/C18H20N6O3S.C13H13IN4O3S.C11H19BN2O2.CH4/c1-8-15(9(2)22-21-8)13-6-12(16-10(3)23-27-11(16)4)7-14-17(13)20-18(19-14)24-28(5,25)26;1-6-11(7(2)21-17-6)8-4-9(14)12-10(5-8)15-13(16-12)18-22(3,19)20;1-7-9(8(2)14-13-7)12-15-10(3,4)11(5,6)16-12;/h6-7H,1-5H3,(H,21,22)(H2,19,20,24);4-5H,1-3H3,(H2,15,16,18);1-6H3,(H,13,14);1H4. The van der Waals surface area contributed by atoms with Gasteiger partial charge in [0.2, 0.25) is 31.9 Å². The molecule has 1 saturated heterocycles. The van der Waals surface area contributed by atoms with Gasteiger partial charge in [0.1, 0.15) is 17.0 Å². The van der Waals surface area contributed by atoms with Crippen LogP contribution in [0.25, 0.3) is 55.4 Å². The number of aromatic nitrogens is 10. The van der Waals surface area contributed by atoms with Crippen molar-refractivity contribution >= 4 is 89.2 Å². The third-order valence-corrected chi connectivity index (χ3v) is 13.4. The molecule has 6 N–H and O–H groups in total. The normalized spacial score (nSPS) is 14.4. The Kier molecular flexibility index (Phi) is 14.0. The van der Waals surface area contributed by atoms with Crippen molar-refractivity contribution in [2.45, 2.75) is 102 Å². The summed E-state index contributed by atoms with van der Waals surface area (Å²) < 4.78 is 74.1. The van der Waals surface area contributed by atoms with Gasteiger partial charge in [-0.3, -0.25) is 19.6 Å². The molecule has 1 aliphatic rings. The minimum absolute atomic E-state index is 0. The van der Waals surface area contributed by atoms with Crippen LogP contribution in [0.5, 0.6) is 0 Å². The Bertz CT molecular complexity index is 3270. The third-order valence-electron chi connectivity index (χ3n) is 11.4. The number of sulfonamides is 2. The highest BCUT2D eigenvalue weighted by Gasteiger charge is 2.53. The summed E-state index contributed by atoms with van der Waals surface area (Å²) in [5, 5.41) is 22.4. The Morgan fingerprint density at radius 2 is 1.06 bits per heavy atom. The number of imidazole rings is 2. The van der Waals surface area contributed by atoms with Crippen LogP contribution in [-0.4, -0.2) is 98.3 Å². The molecule has 0 atom stereocenters. The van der Waals surface area contributed by atoms with E-state index < -0.39 is 20.0 Å². The fourth-order valence-electron chi connectivity index (χ4n) is 7.73. The summed E-state index contributed by atoms with van der Waals surface area (Å²) in [6.45, 7) is 23.5. The molecule has 7 heterocycles. The van der Waals surface area contributed by atoms with Crippen molar-refractivity contribution in [1.82, 2.24) is 50.6 Å².